The number of anilines is 4. The molecule has 394 valence electrons. The SMILES string of the molecule is N#Cc1ccc(N(C(F)F)S(=O)(=O)N2CCC(n3ncc(NCC4(F)CCCOC4)c(Cl)c3=O)CC2)nc1.N#Cc1ccc(NS(=O)(=O)N2CCC(n3ncc(NCC4(F)CCCOC4)c(Cl)c3=O)CC2)nc1. The number of pyridine rings is 2. The second-order valence-corrected chi connectivity index (χ2v) is 21.8. The summed E-state index contributed by atoms with van der Waals surface area (Å²) >= 11 is 12.5. The molecule has 4 aliphatic rings. The van der Waals surface area contributed by atoms with E-state index in [4.69, 9.17) is 43.2 Å². The maximum Gasteiger partial charge on any atom is 0.330 e. The third-order valence-corrected chi connectivity index (χ3v) is 16.6. The number of aromatic nitrogens is 6. The van der Waals surface area contributed by atoms with Gasteiger partial charge in [-0.15, -0.1) is 0 Å². The van der Waals surface area contributed by atoms with E-state index in [2.05, 4.69) is 35.5 Å². The lowest BCUT2D eigenvalue weighted by Crippen LogP contribution is -2.50. The maximum absolute atomic E-state index is 14.8. The summed E-state index contributed by atoms with van der Waals surface area (Å²) < 4.78 is 126. The molecule has 4 saturated heterocycles. The van der Waals surface area contributed by atoms with E-state index in [9.17, 15) is 44.0 Å². The number of piperidine rings is 2. The summed E-state index contributed by atoms with van der Waals surface area (Å²) in [5.74, 6) is -0.419. The number of nitrogens with zero attached hydrogens (tertiary/aromatic N) is 11. The van der Waals surface area contributed by atoms with Crippen molar-refractivity contribution in [2.45, 2.75) is 81.3 Å². The molecule has 2 unspecified atom stereocenters. The first-order chi connectivity index (χ1) is 34.8. The molecule has 0 saturated carbocycles. The molecular weight excluding hydrogens is 1050 g/mol. The summed E-state index contributed by atoms with van der Waals surface area (Å²) in [6.07, 6.45) is 7.77. The van der Waals surface area contributed by atoms with Gasteiger partial charge in [-0.1, -0.05) is 23.2 Å². The van der Waals surface area contributed by atoms with Crippen molar-refractivity contribution in [3.8, 4) is 12.1 Å². The number of rotatable bonds is 15. The second kappa shape index (κ2) is 23.7. The number of alkyl halides is 4. The van der Waals surface area contributed by atoms with Gasteiger partial charge in [-0.2, -0.15) is 59.3 Å². The predicted molar refractivity (Wildman–Crippen MR) is 259 cm³/mol. The van der Waals surface area contributed by atoms with Gasteiger partial charge in [0.25, 0.3) is 11.1 Å². The number of nitrogens with one attached hydrogen (secondary N) is 3. The van der Waals surface area contributed by atoms with Gasteiger partial charge in [0, 0.05) is 51.8 Å². The molecule has 0 aliphatic carbocycles. The molecule has 0 aromatic carbocycles. The van der Waals surface area contributed by atoms with Crippen LogP contribution in [0.1, 0.15) is 74.6 Å². The van der Waals surface area contributed by atoms with Crippen molar-refractivity contribution in [3.05, 3.63) is 90.9 Å². The van der Waals surface area contributed by atoms with Crippen molar-refractivity contribution < 1.29 is 43.9 Å². The molecule has 22 nitrogen and oxygen atoms in total. The summed E-state index contributed by atoms with van der Waals surface area (Å²) in [5.41, 5.74) is -3.46. The van der Waals surface area contributed by atoms with Crippen LogP contribution >= 0.6 is 23.2 Å². The molecule has 0 spiro atoms. The van der Waals surface area contributed by atoms with Crippen LogP contribution in [-0.2, 0) is 29.9 Å². The Hall–Kier alpha value is -5.72. The Bertz CT molecular complexity index is 3000. The number of halogens is 6. The number of ether oxygens (including phenoxy) is 2. The zero-order chi connectivity index (χ0) is 52.6. The average molecular weight is 1100 g/mol. The Morgan fingerprint density at radius 2 is 1.19 bits per heavy atom. The van der Waals surface area contributed by atoms with Crippen LogP contribution < -0.4 is 30.8 Å². The molecule has 30 heteroatoms. The predicted octanol–water partition coefficient (Wildman–Crippen LogP) is 4.79. The molecule has 4 aromatic rings. The fraction of sp³-hybridized carbons (Fsp3) is 0.535. The molecule has 8 heterocycles. The van der Waals surface area contributed by atoms with Crippen LogP contribution in [0.25, 0.3) is 0 Å². The van der Waals surface area contributed by atoms with Crippen molar-refractivity contribution in [1.29, 1.82) is 10.5 Å². The van der Waals surface area contributed by atoms with E-state index in [1.807, 2.05) is 6.07 Å². The molecule has 0 radical (unpaired) electrons. The summed E-state index contributed by atoms with van der Waals surface area (Å²) in [7, 11) is -8.53. The fourth-order valence-electron chi connectivity index (χ4n) is 8.47. The van der Waals surface area contributed by atoms with Gasteiger partial charge in [0.1, 0.15) is 33.8 Å². The standard InChI is InChI=1S/C22H25ClF3N7O4S.C21H25ClFN7O4S/c23-19-17(29-13-22(26)6-1-9-37-14-22)12-30-32(20(19)34)16-4-7-31(8-5-16)38(35,36)33(21(24)25)18-3-2-15(10-27)11-28-18;22-19-17(26-13-21(23)6-1-9-34-14-21)12-27-30(20(19)31)16-4-7-29(8-5-16)35(32,33)28-18-3-2-15(10-24)11-25-18/h2-3,11-12,16,21,29H,1,4-9,13-14H2;2-3,11-12,16,26H,1,4-9,13-14H2,(H,25,28). The Morgan fingerprint density at radius 3 is 1.59 bits per heavy atom. The topological polar surface area (TPSA) is 276 Å². The normalized spacial score (nSPS) is 21.5. The van der Waals surface area contributed by atoms with E-state index in [0.29, 0.717) is 57.3 Å². The van der Waals surface area contributed by atoms with E-state index < -0.39 is 61.3 Å². The van der Waals surface area contributed by atoms with Gasteiger partial charge < -0.3 is 20.1 Å². The monoisotopic (exact) mass is 1100 g/mol. The van der Waals surface area contributed by atoms with Gasteiger partial charge in [-0.25, -0.2) is 28.1 Å². The first-order valence-electron chi connectivity index (χ1n) is 22.9. The van der Waals surface area contributed by atoms with Gasteiger partial charge >= 0.3 is 27.0 Å². The van der Waals surface area contributed by atoms with Crippen LogP contribution in [0.4, 0.5) is 40.6 Å². The Balaban J connectivity index is 0.000000214. The zero-order valence-electron chi connectivity index (χ0n) is 38.8. The average Bonchev–Trinajstić information content (AvgIpc) is 3.38. The van der Waals surface area contributed by atoms with E-state index in [1.54, 1.807) is 6.07 Å². The van der Waals surface area contributed by atoms with Gasteiger partial charge in [0.15, 0.2) is 11.3 Å². The fourth-order valence-corrected chi connectivity index (χ4v) is 11.5. The van der Waals surface area contributed by atoms with Gasteiger partial charge in [-0.05, 0) is 75.6 Å². The van der Waals surface area contributed by atoms with Gasteiger partial charge in [0.2, 0.25) is 0 Å². The summed E-state index contributed by atoms with van der Waals surface area (Å²) in [6.45, 7) is -2.62. The molecule has 3 N–H and O–H groups in total. The lowest BCUT2D eigenvalue weighted by molar-refractivity contribution is -0.0234. The summed E-state index contributed by atoms with van der Waals surface area (Å²) in [6, 6.07) is 7.93. The zero-order valence-corrected chi connectivity index (χ0v) is 42.0. The van der Waals surface area contributed by atoms with Crippen LogP contribution in [-0.4, -0.2) is 139 Å². The van der Waals surface area contributed by atoms with Crippen LogP contribution in [0.2, 0.25) is 10.0 Å². The van der Waals surface area contributed by atoms with Gasteiger partial charge in [0.05, 0.1) is 73.3 Å². The molecule has 4 fully saturated rings. The highest BCUT2D eigenvalue weighted by Crippen LogP contribution is 2.31. The molecule has 4 aromatic heterocycles. The highest BCUT2D eigenvalue weighted by Gasteiger charge is 2.40. The van der Waals surface area contributed by atoms with Crippen molar-refractivity contribution >= 4 is 66.6 Å². The molecule has 4 aliphatic heterocycles. The second-order valence-electron chi connectivity index (χ2n) is 17.6. The van der Waals surface area contributed by atoms with E-state index in [1.165, 1.54) is 45.8 Å². The third kappa shape index (κ3) is 13.3. The molecule has 2 atom stereocenters. The van der Waals surface area contributed by atoms with E-state index in [0.717, 1.165) is 21.3 Å². The Morgan fingerprint density at radius 1 is 0.726 bits per heavy atom. The minimum absolute atomic E-state index is 0.0142. The summed E-state index contributed by atoms with van der Waals surface area (Å²) in [4.78, 5) is 33.3. The Kier molecular flexibility index (Phi) is 17.8. The highest BCUT2D eigenvalue weighted by molar-refractivity contribution is 7.90. The number of nitriles is 2. The molecule has 8 rings (SSSR count). The van der Waals surface area contributed by atoms with Crippen LogP contribution in [0.15, 0.2) is 58.6 Å². The first kappa shape index (κ1) is 55.0. The first-order valence-corrected chi connectivity index (χ1v) is 26.5. The van der Waals surface area contributed by atoms with Crippen LogP contribution in [0.5, 0.6) is 0 Å². The van der Waals surface area contributed by atoms with E-state index >= 15 is 0 Å². The Labute approximate surface area is 427 Å². The lowest BCUT2D eigenvalue weighted by Gasteiger charge is -2.35. The maximum atomic E-state index is 14.8. The minimum Gasteiger partial charge on any atom is -0.379 e. The van der Waals surface area contributed by atoms with Gasteiger partial charge in [-0.3, -0.25) is 14.3 Å². The minimum atomic E-state index is -4.67. The number of hydrogen-bond donors (Lipinski definition) is 3. The highest BCUT2D eigenvalue weighted by atomic mass is 35.5. The smallest absolute Gasteiger partial charge is 0.330 e. The molecule has 0 amide bonds. The molecule has 73 heavy (non-hydrogen) atoms. The third-order valence-electron chi connectivity index (χ3n) is 12.5. The van der Waals surface area contributed by atoms with E-state index in [-0.39, 0.29) is 108 Å². The lowest BCUT2D eigenvalue weighted by atomic mass is 9.99. The van der Waals surface area contributed by atoms with Crippen molar-refractivity contribution in [1.82, 2.24) is 38.1 Å². The number of hydrogen-bond acceptors (Lipinski definition) is 16. The van der Waals surface area contributed by atoms with Crippen molar-refractivity contribution in [3.63, 3.8) is 0 Å². The van der Waals surface area contributed by atoms with Crippen LogP contribution in [0.3, 0.4) is 0 Å². The van der Waals surface area contributed by atoms with Crippen LogP contribution in [0, 0.1) is 22.7 Å². The quantitative estimate of drug-likeness (QED) is 0.107. The summed E-state index contributed by atoms with van der Waals surface area (Å²) in [5, 5.41) is 31.4. The molecular formula is C43H50Cl2F4N14O8S2. The van der Waals surface area contributed by atoms with Crippen molar-refractivity contribution in [2.75, 3.05) is 85.4 Å². The van der Waals surface area contributed by atoms with Crippen molar-refractivity contribution in [2.24, 2.45) is 0 Å². The molecule has 0 bridgehead atoms. The largest absolute Gasteiger partial charge is 0.379 e.